The van der Waals surface area contributed by atoms with E-state index in [4.69, 9.17) is 18.2 Å². The summed E-state index contributed by atoms with van der Waals surface area (Å²) < 4.78 is 21.2. The van der Waals surface area contributed by atoms with Crippen molar-refractivity contribution in [2.75, 3.05) is 0 Å². The number of aromatic nitrogens is 4. The minimum absolute atomic E-state index is 0.166. The number of rotatable bonds is 5. The lowest BCUT2D eigenvalue weighted by Gasteiger charge is -2.05. The van der Waals surface area contributed by atoms with Gasteiger partial charge in [0.2, 0.25) is 5.82 Å². The third-order valence-electron chi connectivity index (χ3n) is 4.18. The Kier molecular flexibility index (Phi) is 4.17. The molecule has 0 fully saturated rings. The van der Waals surface area contributed by atoms with Crippen LogP contribution in [0, 0.1) is 6.92 Å². The Morgan fingerprint density at radius 1 is 1.21 bits per heavy atom. The molecule has 0 saturated carbocycles. The van der Waals surface area contributed by atoms with Crippen molar-refractivity contribution in [2.45, 2.75) is 13.5 Å². The molecule has 5 rings (SSSR count). The normalized spacial score (nSPS) is 11.2. The van der Waals surface area contributed by atoms with Crippen molar-refractivity contribution in [2.24, 2.45) is 0 Å². The second-order valence-electron chi connectivity index (χ2n) is 6.08. The molecule has 0 amide bonds. The lowest BCUT2D eigenvalue weighted by molar-refractivity contribution is 0.0432. The lowest BCUT2D eigenvalue weighted by atomic mass is 10.1. The highest BCUT2D eigenvalue weighted by atomic mass is 32.1. The van der Waals surface area contributed by atoms with Crippen LogP contribution in [-0.2, 0) is 11.3 Å². The molecule has 0 aliphatic rings. The van der Waals surface area contributed by atoms with Crippen LogP contribution in [-0.4, -0.2) is 26.3 Å². The van der Waals surface area contributed by atoms with E-state index in [2.05, 4.69) is 20.3 Å². The molecule has 0 atom stereocenters. The summed E-state index contributed by atoms with van der Waals surface area (Å²) in [6, 6.07) is 6.92. The number of carbonyl (C=O) groups excluding carboxylic acids is 1. The summed E-state index contributed by atoms with van der Waals surface area (Å²) in [5.41, 5.74) is 2.29. The third-order valence-corrected chi connectivity index (χ3v) is 4.87. The van der Waals surface area contributed by atoms with Crippen LogP contribution in [0.25, 0.3) is 33.9 Å². The topological polar surface area (TPSA) is 117 Å². The fourth-order valence-electron chi connectivity index (χ4n) is 2.83. The number of furan rings is 1. The number of fused-ring (bicyclic) bond motifs is 1. The van der Waals surface area contributed by atoms with E-state index in [1.807, 2.05) is 16.8 Å². The van der Waals surface area contributed by atoms with Crippen LogP contribution < -0.4 is 0 Å². The molecule has 144 valence electrons. The molecule has 0 radical (unpaired) electrons. The molecule has 5 heterocycles. The zero-order chi connectivity index (χ0) is 19.8. The highest BCUT2D eigenvalue weighted by Gasteiger charge is 2.22. The zero-order valence-electron chi connectivity index (χ0n) is 15.0. The van der Waals surface area contributed by atoms with Crippen molar-refractivity contribution in [1.82, 2.24) is 20.3 Å². The zero-order valence-corrected chi connectivity index (χ0v) is 15.8. The smallest absolute Gasteiger partial charge is 0.339 e. The molecule has 0 bridgehead atoms. The molecule has 9 nitrogen and oxygen atoms in total. The van der Waals surface area contributed by atoms with Crippen molar-refractivity contribution in [3.05, 3.63) is 58.4 Å². The van der Waals surface area contributed by atoms with Crippen molar-refractivity contribution < 1.29 is 23.0 Å². The second-order valence-corrected chi connectivity index (χ2v) is 6.86. The molecule has 10 heteroatoms. The summed E-state index contributed by atoms with van der Waals surface area (Å²) in [7, 11) is 0. The van der Waals surface area contributed by atoms with Crippen LogP contribution >= 0.6 is 11.3 Å². The van der Waals surface area contributed by atoms with Crippen LogP contribution in [0.5, 0.6) is 0 Å². The summed E-state index contributed by atoms with van der Waals surface area (Å²) in [5.74, 6) is 0.538. The van der Waals surface area contributed by atoms with Gasteiger partial charge in [-0.15, -0.1) is 0 Å². The van der Waals surface area contributed by atoms with Gasteiger partial charge in [0.25, 0.3) is 11.6 Å². The standard InChI is InChI=1S/C19H12N4O5S/c1-10-16-12(7-13(14-3-2-5-25-14)20-18(16)28-22-10)19(24)26-8-15-21-17(23-27-15)11-4-6-29-9-11/h2-7,9H,8H2,1H3. The van der Waals surface area contributed by atoms with E-state index in [9.17, 15) is 4.79 Å². The Hall–Kier alpha value is -3.79. The maximum Gasteiger partial charge on any atom is 0.339 e. The number of ether oxygens (including phenoxy) is 1. The first-order valence-corrected chi connectivity index (χ1v) is 9.46. The first-order chi connectivity index (χ1) is 14.2. The maximum absolute atomic E-state index is 12.8. The van der Waals surface area contributed by atoms with Crippen LogP contribution in [0.4, 0.5) is 0 Å². The average Bonchev–Trinajstić information content (AvgIpc) is 3.53. The van der Waals surface area contributed by atoms with E-state index >= 15 is 0 Å². The minimum atomic E-state index is -0.591. The molecule has 0 spiro atoms. The summed E-state index contributed by atoms with van der Waals surface area (Å²) in [6.45, 7) is 1.56. The highest BCUT2D eigenvalue weighted by molar-refractivity contribution is 7.08. The quantitative estimate of drug-likeness (QED) is 0.393. The number of aryl methyl sites for hydroxylation is 1. The molecule has 29 heavy (non-hydrogen) atoms. The van der Waals surface area contributed by atoms with Crippen molar-refractivity contribution in [3.63, 3.8) is 0 Å². The van der Waals surface area contributed by atoms with E-state index < -0.39 is 5.97 Å². The number of pyridine rings is 1. The van der Waals surface area contributed by atoms with E-state index in [1.165, 1.54) is 17.6 Å². The van der Waals surface area contributed by atoms with Crippen LogP contribution in [0.15, 0.2) is 54.8 Å². The summed E-state index contributed by atoms with van der Waals surface area (Å²) in [5, 5.41) is 12.1. The molecule has 0 saturated heterocycles. The molecular weight excluding hydrogens is 396 g/mol. The molecule has 5 aromatic rings. The van der Waals surface area contributed by atoms with Crippen LogP contribution in [0.1, 0.15) is 21.9 Å². The third kappa shape index (κ3) is 3.19. The number of nitrogens with zero attached hydrogens (tertiary/aromatic N) is 4. The van der Waals surface area contributed by atoms with Gasteiger partial charge in [0.15, 0.2) is 12.4 Å². The summed E-state index contributed by atoms with van der Waals surface area (Å²) in [6.07, 6.45) is 1.52. The van der Waals surface area contributed by atoms with Gasteiger partial charge in [-0.2, -0.15) is 16.3 Å². The average molecular weight is 408 g/mol. The molecule has 0 aromatic carbocycles. The van der Waals surface area contributed by atoms with Gasteiger partial charge >= 0.3 is 5.97 Å². The van der Waals surface area contributed by atoms with Gasteiger partial charge in [0, 0.05) is 10.9 Å². The molecule has 5 aromatic heterocycles. The first kappa shape index (κ1) is 17.3. The van der Waals surface area contributed by atoms with Gasteiger partial charge in [-0.1, -0.05) is 10.3 Å². The summed E-state index contributed by atoms with van der Waals surface area (Å²) >= 11 is 1.53. The van der Waals surface area contributed by atoms with Gasteiger partial charge in [-0.05, 0) is 36.6 Å². The molecule has 0 N–H and O–H groups in total. The predicted octanol–water partition coefficient (Wildman–Crippen LogP) is 4.26. The first-order valence-electron chi connectivity index (χ1n) is 8.52. The van der Waals surface area contributed by atoms with Crippen molar-refractivity contribution in [3.8, 4) is 22.8 Å². The van der Waals surface area contributed by atoms with Crippen molar-refractivity contribution in [1.29, 1.82) is 0 Å². The van der Waals surface area contributed by atoms with E-state index in [1.54, 1.807) is 25.1 Å². The van der Waals surface area contributed by atoms with Gasteiger partial charge < -0.3 is 18.2 Å². The summed E-state index contributed by atoms with van der Waals surface area (Å²) in [4.78, 5) is 21.4. The Labute approximate surface area is 166 Å². The minimum Gasteiger partial charge on any atom is -0.463 e. The second kappa shape index (κ2) is 6.99. The van der Waals surface area contributed by atoms with Crippen LogP contribution in [0.3, 0.4) is 0 Å². The van der Waals surface area contributed by atoms with Gasteiger partial charge in [0.1, 0.15) is 5.69 Å². The van der Waals surface area contributed by atoms with Crippen molar-refractivity contribution >= 4 is 28.4 Å². The maximum atomic E-state index is 12.8. The monoisotopic (exact) mass is 408 g/mol. The number of carbonyl (C=O) groups is 1. The van der Waals surface area contributed by atoms with E-state index in [-0.39, 0.29) is 23.8 Å². The fraction of sp³-hybridized carbons (Fsp3) is 0.105. The number of esters is 1. The largest absolute Gasteiger partial charge is 0.463 e. The number of hydrogen-bond donors (Lipinski definition) is 0. The SMILES string of the molecule is Cc1noc2nc(-c3ccco3)cc(C(=O)OCc3nc(-c4ccsc4)no3)c12. The van der Waals surface area contributed by atoms with Gasteiger partial charge in [0.05, 0.1) is 22.9 Å². The molecule has 0 aliphatic carbocycles. The number of thiophene rings is 1. The molecule has 0 aliphatic heterocycles. The lowest BCUT2D eigenvalue weighted by Crippen LogP contribution is -2.07. The fourth-order valence-corrected chi connectivity index (χ4v) is 3.47. The Morgan fingerprint density at radius 3 is 2.93 bits per heavy atom. The molecular formula is C19H12N4O5S. The Balaban J connectivity index is 1.42. The van der Waals surface area contributed by atoms with E-state index in [0.29, 0.717) is 28.4 Å². The van der Waals surface area contributed by atoms with E-state index in [0.717, 1.165) is 5.56 Å². The predicted molar refractivity (Wildman–Crippen MR) is 101 cm³/mol. The Morgan fingerprint density at radius 2 is 2.14 bits per heavy atom. The molecule has 0 unspecified atom stereocenters. The van der Waals surface area contributed by atoms with Gasteiger partial charge in [-0.3, -0.25) is 0 Å². The van der Waals surface area contributed by atoms with Crippen LogP contribution in [0.2, 0.25) is 0 Å². The highest BCUT2D eigenvalue weighted by Crippen LogP contribution is 2.28. The van der Waals surface area contributed by atoms with Gasteiger partial charge in [-0.25, -0.2) is 9.78 Å². The Bertz CT molecular complexity index is 1290. The number of hydrogen-bond acceptors (Lipinski definition) is 10.